The summed E-state index contributed by atoms with van der Waals surface area (Å²) in [5.74, 6) is -1.54. The minimum absolute atomic E-state index is 0.0134. The maximum absolute atomic E-state index is 12.7. The third-order valence-electron chi connectivity index (χ3n) is 1.90. The molecule has 0 radical (unpaired) electrons. The van der Waals surface area contributed by atoms with Crippen LogP contribution in [0.5, 0.6) is 0 Å². The lowest BCUT2D eigenvalue weighted by atomic mass is 10.4. The Labute approximate surface area is 109 Å². The van der Waals surface area contributed by atoms with E-state index in [1.807, 2.05) is 0 Å². The monoisotopic (exact) mass is 315 g/mol. The van der Waals surface area contributed by atoms with Gasteiger partial charge in [0.15, 0.2) is 5.65 Å². The molecular weight excluding hydrogens is 311 g/mol. The SMILES string of the molecule is CS(=O)(=O)On1c(C(F)(F)F)nc2ncc(Cl)cc21. The summed E-state index contributed by atoms with van der Waals surface area (Å²) in [4.78, 5) is 6.75. The number of hydrogen-bond donors (Lipinski definition) is 0. The number of alkyl halides is 3. The van der Waals surface area contributed by atoms with Gasteiger partial charge in [-0.1, -0.05) is 11.6 Å². The summed E-state index contributed by atoms with van der Waals surface area (Å²) in [6.07, 6.45) is -3.21. The molecule has 0 fully saturated rings. The van der Waals surface area contributed by atoms with Crippen LogP contribution in [-0.2, 0) is 16.3 Å². The molecule has 0 saturated carbocycles. The average molecular weight is 316 g/mol. The fourth-order valence-corrected chi connectivity index (χ4v) is 1.88. The van der Waals surface area contributed by atoms with E-state index in [1.165, 1.54) is 0 Å². The molecule has 2 aromatic rings. The minimum atomic E-state index is -4.90. The molecule has 2 heterocycles. The third-order valence-corrected chi connectivity index (χ3v) is 2.53. The van der Waals surface area contributed by atoms with E-state index in [0.717, 1.165) is 12.3 Å². The molecule has 0 aliphatic carbocycles. The van der Waals surface area contributed by atoms with Crippen molar-refractivity contribution in [3.8, 4) is 0 Å². The van der Waals surface area contributed by atoms with Crippen LogP contribution in [0.4, 0.5) is 13.2 Å². The van der Waals surface area contributed by atoms with Crippen LogP contribution in [0, 0.1) is 0 Å². The van der Waals surface area contributed by atoms with Crippen LogP contribution in [-0.4, -0.2) is 29.4 Å². The molecule has 0 amide bonds. The molecule has 0 spiro atoms. The van der Waals surface area contributed by atoms with E-state index >= 15 is 0 Å². The molecule has 0 aliphatic rings. The van der Waals surface area contributed by atoms with Gasteiger partial charge in [0.25, 0.3) is 5.82 Å². The van der Waals surface area contributed by atoms with Crippen LogP contribution in [0.2, 0.25) is 5.02 Å². The maximum atomic E-state index is 12.7. The lowest BCUT2D eigenvalue weighted by molar-refractivity contribution is -0.151. The van der Waals surface area contributed by atoms with Crippen molar-refractivity contribution >= 4 is 32.9 Å². The number of pyridine rings is 1. The molecule has 0 unspecified atom stereocenters. The van der Waals surface area contributed by atoms with Crippen LogP contribution in [0.15, 0.2) is 12.3 Å². The quantitative estimate of drug-likeness (QED) is 0.839. The molecule has 104 valence electrons. The Kier molecular flexibility index (Phi) is 3.09. The van der Waals surface area contributed by atoms with Crippen molar-refractivity contribution in [3.05, 3.63) is 23.1 Å². The van der Waals surface area contributed by atoms with Gasteiger partial charge in [-0.2, -0.15) is 21.6 Å². The predicted molar refractivity (Wildman–Crippen MR) is 59.0 cm³/mol. The highest BCUT2D eigenvalue weighted by molar-refractivity contribution is 7.86. The Morgan fingerprint density at radius 2 is 2.05 bits per heavy atom. The van der Waals surface area contributed by atoms with E-state index < -0.39 is 22.1 Å². The second-order valence-corrected chi connectivity index (χ2v) is 5.50. The molecule has 0 N–H and O–H groups in total. The van der Waals surface area contributed by atoms with Gasteiger partial charge in [-0.3, -0.25) is 4.28 Å². The predicted octanol–water partition coefficient (Wildman–Crippen LogP) is 1.49. The summed E-state index contributed by atoms with van der Waals surface area (Å²) < 4.78 is 64.6. The van der Waals surface area contributed by atoms with Gasteiger partial charge in [0.05, 0.1) is 11.3 Å². The number of aromatic nitrogens is 3. The summed E-state index contributed by atoms with van der Waals surface area (Å²) >= 11 is 5.60. The normalized spacial score (nSPS) is 12.9. The lowest BCUT2D eigenvalue weighted by Gasteiger charge is -2.09. The van der Waals surface area contributed by atoms with E-state index in [-0.39, 0.29) is 20.9 Å². The van der Waals surface area contributed by atoms with E-state index in [9.17, 15) is 21.6 Å². The van der Waals surface area contributed by atoms with E-state index in [0.29, 0.717) is 6.26 Å². The van der Waals surface area contributed by atoms with Crippen molar-refractivity contribution in [2.24, 2.45) is 0 Å². The van der Waals surface area contributed by atoms with E-state index in [2.05, 4.69) is 14.3 Å². The van der Waals surface area contributed by atoms with Gasteiger partial charge in [0, 0.05) is 6.20 Å². The summed E-state index contributed by atoms with van der Waals surface area (Å²) in [5.41, 5.74) is -0.634. The molecule has 6 nitrogen and oxygen atoms in total. The first kappa shape index (κ1) is 13.9. The molecule has 0 saturated heterocycles. The topological polar surface area (TPSA) is 74.1 Å². The Bertz CT molecular complexity index is 741. The number of nitrogens with zero attached hydrogens (tertiary/aromatic N) is 3. The highest BCUT2D eigenvalue weighted by Crippen LogP contribution is 2.31. The van der Waals surface area contributed by atoms with Crippen molar-refractivity contribution < 1.29 is 25.9 Å². The molecular formula is C8H5ClF3N3O3S. The highest BCUT2D eigenvalue weighted by atomic mass is 35.5. The van der Waals surface area contributed by atoms with Crippen molar-refractivity contribution in [2.75, 3.05) is 6.26 Å². The van der Waals surface area contributed by atoms with Gasteiger partial charge in [0.2, 0.25) is 0 Å². The Hall–Kier alpha value is -1.55. The number of rotatable bonds is 2. The van der Waals surface area contributed by atoms with Crippen LogP contribution in [0.1, 0.15) is 5.82 Å². The first-order chi connectivity index (χ1) is 8.58. The largest absolute Gasteiger partial charge is 0.453 e. The van der Waals surface area contributed by atoms with Crippen LogP contribution < -0.4 is 4.28 Å². The molecule has 0 aromatic carbocycles. The maximum Gasteiger partial charge on any atom is 0.453 e. The second-order valence-electron chi connectivity index (χ2n) is 3.50. The van der Waals surface area contributed by atoms with Crippen LogP contribution in [0.3, 0.4) is 0 Å². The van der Waals surface area contributed by atoms with Crippen molar-refractivity contribution in [2.45, 2.75) is 6.18 Å². The van der Waals surface area contributed by atoms with Crippen molar-refractivity contribution in [1.82, 2.24) is 14.7 Å². The first-order valence-corrected chi connectivity index (χ1v) is 6.78. The van der Waals surface area contributed by atoms with Gasteiger partial charge >= 0.3 is 16.3 Å². The summed E-state index contributed by atoms with van der Waals surface area (Å²) in [6, 6.07) is 1.07. The smallest absolute Gasteiger partial charge is 0.285 e. The molecule has 11 heteroatoms. The zero-order valence-electron chi connectivity index (χ0n) is 9.14. The molecule has 0 bridgehead atoms. The summed E-state index contributed by atoms with van der Waals surface area (Å²) in [6.45, 7) is 0. The van der Waals surface area contributed by atoms with Gasteiger partial charge < -0.3 is 0 Å². The van der Waals surface area contributed by atoms with Gasteiger partial charge in [-0.05, 0) is 6.07 Å². The Balaban J connectivity index is 2.77. The number of fused-ring (bicyclic) bond motifs is 1. The third kappa shape index (κ3) is 2.89. The Morgan fingerprint density at radius 1 is 1.42 bits per heavy atom. The molecule has 2 rings (SSSR count). The zero-order chi connectivity index (χ0) is 14.4. The van der Waals surface area contributed by atoms with E-state index in [4.69, 9.17) is 11.6 Å². The molecule has 0 aliphatic heterocycles. The Morgan fingerprint density at radius 3 is 2.58 bits per heavy atom. The van der Waals surface area contributed by atoms with Crippen LogP contribution in [0.25, 0.3) is 11.2 Å². The van der Waals surface area contributed by atoms with Gasteiger partial charge in [-0.25, -0.2) is 9.97 Å². The summed E-state index contributed by atoms with van der Waals surface area (Å²) in [5, 5.41) is 0.0134. The highest BCUT2D eigenvalue weighted by Gasteiger charge is 2.40. The number of imidazole rings is 1. The summed E-state index contributed by atoms with van der Waals surface area (Å²) in [7, 11) is -4.18. The standard InChI is InChI=1S/C8H5ClF3N3O3S/c1-19(16,17)18-15-5-2-4(9)3-13-6(5)14-7(15)8(10,11)12/h2-3H,1H3. The lowest BCUT2D eigenvalue weighted by Crippen LogP contribution is -2.24. The minimum Gasteiger partial charge on any atom is -0.285 e. The van der Waals surface area contributed by atoms with Crippen molar-refractivity contribution in [1.29, 1.82) is 0 Å². The number of halogens is 4. The first-order valence-electron chi connectivity index (χ1n) is 4.59. The fraction of sp³-hybridized carbons (Fsp3) is 0.250. The fourth-order valence-electron chi connectivity index (χ4n) is 1.31. The van der Waals surface area contributed by atoms with Crippen LogP contribution >= 0.6 is 11.6 Å². The van der Waals surface area contributed by atoms with Gasteiger partial charge in [0.1, 0.15) is 5.52 Å². The second kappa shape index (κ2) is 4.23. The zero-order valence-corrected chi connectivity index (χ0v) is 10.7. The molecule has 0 atom stereocenters. The van der Waals surface area contributed by atoms with Gasteiger partial charge in [-0.15, -0.1) is 4.73 Å². The molecule has 2 aromatic heterocycles. The average Bonchev–Trinajstić information content (AvgIpc) is 2.54. The number of hydrogen-bond acceptors (Lipinski definition) is 5. The van der Waals surface area contributed by atoms with Crippen molar-refractivity contribution in [3.63, 3.8) is 0 Å². The van der Waals surface area contributed by atoms with E-state index in [1.54, 1.807) is 0 Å². The molecule has 19 heavy (non-hydrogen) atoms.